The predicted molar refractivity (Wildman–Crippen MR) is 98.0 cm³/mol. The second kappa shape index (κ2) is 7.09. The van der Waals surface area contributed by atoms with Gasteiger partial charge in [-0.1, -0.05) is 0 Å². The molecule has 124 valence electrons. The van der Waals surface area contributed by atoms with Gasteiger partial charge in [-0.15, -0.1) is 0 Å². The molecule has 21 heavy (non-hydrogen) atoms. The molecular formula is C18H33Cl2Sn-. The third-order valence-corrected chi connectivity index (χ3v) is 37.9. The van der Waals surface area contributed by atoms with Crippen LogP contribution in [0.25, 0.3) is 0 Å². The van der Waals surface area contributed by atoms with E-state index in [9.17, 15) is 0 Å². The van der Waals surface area contributed by atoms with Gasteiger partial charge in [-0.25, -0.2) is 0 Å². The molecule has 3 heteroatoms. The normalized spacial score (nSPS) is 29.9. The van der Waals surface area contributed by atoms with E-state index < -0.39 is 14.7 Å². The maximum atomic E-state index is 7.81. The van der Waals surface area contributed by atoms with Gasteiger partial charge in [-0.05, 0) is 0 Å². The zero-order chi connectivity index (χ0) is 14.8. The summed E-state index contributed by atoms with van der Waals surface area (Å²) in [7, 11) is 15.6. The minimum atomic E-state index is -3.68. The molecule has 0 radical (unpaired) electrons. The third-order valence-electron chi connectivity index (χ3n) is 7.16. The van der Waals surface area contributed by atoms with Crippen molar-refractivity contribution in [2.45, 2.75) is 108 Å². The van der Waals surface area contributed by atoms with Crippen molar-refractivity contribution in [1.82, 2.24) is 0 Å². The third kappa shape index (κ3) is 3.29. The van der Waals surface area contributed by atoms with Crippen LogP contribution in [0.5, 0.6) is 0 Å². The topological polar surface area (TPSA) is 0 Å². The molecule has 0 aromatic rings. The molecule has 3 aliphatic carbocycles. The molecule has 3 rings (SSSR count). The molecule has 0 bridgehead atoms. The van der Waals surface area contributed by atoms with E-state index in [0.717, 1.165) is 11.8 Å². The van der Waals surface area contributed by atoms with E-state index in [1.54, 1.807) is 0 Å². The average Bonchev–Trinajstić information content (AvgIpc) is 2.57. The van der Waals surface area contributed by atoms with E-state index in [2.05, 4.69) is 0 Å². The molecule has 0 aromatic carbocycles. The first kappa shape index (κ1) is 17.2. The van der Waals surface area contributed by atoms with Crippen LogP contribution < -0.4 is 0 Å². The molecule has 3 fully saturated rings. The summed E-state index contributed by atoms with van der Waals surface area (Å²) in [5, 5.41) is 0. The molecule has 0 atom stereocenters. The van der Waals surface area contributed by atoms with Crippen LogP contribution in [-0.2, 0) is 0 Å². The van der Waals surface area contributed by atoms with Crippen LogP contribution in [0.3, 0.4) is 0 Å². The van der Waals surface area contributed by atoms with Gasteiger partial charge in [0.2, 0.25) is 0 Å². The molecule has 0 aliphatic heterocycles. The van der Waals surface area contributed by atoms with Crippen LogP contribution in [-0.4, -0.2) is 14.7 Å². The van der Waals surface area contributed by atoms with E-state index in [0.29, 0.717) is 0 Å². The molecule has 0 heterocycles. The van der Waals surface area contributed by atoms with Crippen LogP contribution in [0.15, 0.2) is 0 Å². The van der Waals surface area contributed by atoms with Gasteiger partial charge in [-0.3, -0.25) is 0 Å². The summed E-state index contributed by atoms with van der Waals surface area (Å²) in [6, 6.07) is 0. The second-order valence-electron chi connectivity index (χ2n) is 8.23. The van der Waals surface area contributed by atoms with Crippen molar-refractivity contribution in [2.75, 3.05) is 0 Å². The number of hydrogen-bond acceptors (Lipinski definition) is 0. The fourth-order valence-electron chi connectivity index (χ4n) is 5.96. The van der Waals surface area contributed by atoms with E-state index in [-0.39, 0.29) is 0 Å². The van der Waals surface area contributed by atoms with Gasteiger partial charge < -0.3 is 0 Å². The van der Waals surface area contributed by atoms with Crippen LogP contribution >= 0.6 is 17.8 Å². The van der Waals surface area contributed by atoms with E-state index >= 15 is 0 Å². The summed E-state index contributed by atoms with van der Waals surface area (Å²) in [6.07, 6.45) is 20.8. The van der Waals surface area contributed by atoms with E-state index in [4.69, 9.17) is 17.8 Å². The van der Waals surface area contributed by atoms with Crippen LogP contribution in [0.2, 0.25) is 11.8 Å². The van der Waals surface area contributed by atoms with Crippen molar-refractivity contribution < 1.29 is 0 Å². The Balaban J connectivity index is 1.90. The van der Waals surface area contributed by atoms with Gasteiger partial charge in [0, 0.05) is 0 Å². The first-order valence-corrected chi connectivity index (χ1v) is 21.9. The molecule has 0 aromatic heterocycles. The Morgan fingerprint density at radius 3 is 0.905 bits per heavy atom. The SMILES string of the molecule is [Cl][Sn-]([Cl])([CH]1CCCCC1)([CH]1CCCCC1)[CH]1CCCCC1. The molecule has 0 amide bonds. The summed E-state index contributed by atoms with van der Waals surface area (Å²) < 4.78 is 2.28. The van der Waals surface area contributed by atoms with Gasteiger partial charge in [0.15, 0.2) is 0 Å². The zero-order valence-electron chi connectivity index (χ0n) is 13.6. The van der Waals surface area contributed by atoms with Crippen molar-refractivity contribution in [3.63, 3.8) is 0 Å². The van der Waals surface area contributed by atoms with Crippen molar-refractivity contribution in [3.05, 3.63) is 0 Å². The fraction of sp³-hybridized carbons (Fsp3) is 1.00. The Morgan fingerprint density at radius 2 is 0.667 bits per heavy atom. The fourth-order valence-corrected chi connectivity index (χ4v) is 33.4. The van der Waals surface area contributed by atoms with Crippen LogP contribution in [0, 0.1) is 0 Å². The Morgan fingerprint density at radius 1 is 0.429 bits per heavy atom. The second-order valence-corrected chi connectivity index (χ2v) is 34.8. The molecule has 3 aliphatic rings. The van der Waals surface area contributed by atoms with Gasteiger partial charge in [0.1, 0.15) is 0 Å². The quantitative estimate of drug-likeness (QED) is 0.393. The van der Waals surface area contributed by atoms with Crippen molar-refractivity contribution >= 4 is 32.6 Å². The minimum absolute atomic E-state index is 0.759. The van der Waals surface area contributed by atoms with E-state index in [1.807, 2.05) is 0 Å². The molecule has 0 unspecified atom stereocenters. The monoisotopic (exact) mass is 439 g/mol. The molecule has 0 spiro atoms. The molecule has 0 nitrogen and oxygen atoms in total. The predicted octanol–water partition coefficient (Wildman–Crippen LogP) is 7.86. The first-order valence-electron chi connectivity index (χ1n) is 9.69. The maximum absolute atomic E-state index is 7.81. The van der Waals surface area contributed by atoms with Gasteiger partial charge in [-0.2, -0.15) is 0 Å². The van der Waals surface area contributed by atoms with Crippen molar-refractivity contribution in [3.8, 4) is 0 Å². The molecule has 3 saturated carbocycles. The summed E-state index contributed by atoms with van der Waals surface area (Å²) in [4.78, 5) is 0. The Kier molecular flexibility index (Phi) is 5.81. The summed E-state index contributed by atoms with van der Waals surface area (Å²) in [6.45, 7) is 0. The molecular weight excluding hydrogens is 406 g/mol. The van der Waals surface area contributed by atoms with Crippen LogP contribution in [0.1, 0.15) is 96.3 Å². The number of rotatable bonds is 3. The van der Waals surface area contributed by atoms with E-state index in [1.165, 1.54) is 96.3 Å². The van der Waals surface area contributed by atoms with Gasteiger partial charge >= 0.3 is 141 Å². The summed E-state index contributed by atoms with van der Waals surface area (Å²) in [5.41, 5.74) is 0. The Bertz CT molecular complexity index is 285. The van der Waals surface area contributed by atoms with Crippen molar-refractivity contribution in [1.29, 1.82) is 0 Å². The first-order chi connectivity index (χ1) is 10.1. The Hall–Kier alpha value is 1.38. The van der Waals surface area contributed by atoms with Crippen LogP contribution in [0.4, 0.5) is 0 Å². The van der Waals surface area contributed by atoms with Gasteiger partial charge in [0.25, 0.3) is 0 Å². The summed E-state index contributed by atoms with van der Waals surface area (Å²) >= 11 is -3.68. The number of halogens is 2. The molecule has 0 saturated heterocycles. The standard InChI is InChI=1S/3C6H11.2ClH.Sn/c3*1-2-4-6-5-3-1;;;/h3*1H,2-6H2;2*1H;/q;;;;;+1/p-2. The zero-order valence-corrected chi connectivity index (χ0v) is 18.0. The Labute approximate surface area is 140 Å². The van der Waals surface area contributed by atoms with Gasteiger partial charge in [0.05, 0.1) is 0 Å². The number of hydrogen-bond donors (Lipinski definition) is 0. The molecule has 0 N–H and O–H groups in total. The summed E-state index contributed by atoms with van der Waals surface area (Å²) in [5.74, 6) is 0. The van der Waals surface area contributed by atoms with Crippen molar-refractivity contribution in [2.24, 2.45) is 0 Å². The average molecular weight is 439 g/mol.